The average molecular weight is 337 g/mol. The van der Waals surface area contributed by atoms with Gasteiger partial charge in [-0.3, -0.25) is 19.4 Å². The summed E-state index contributed by atoms with van der Waals surface area (Å²) in [6.45, 7) is 1.85. The van der Waals surface area contributed by atoms with Crippen LogP contribution in [0.4, 0.5) is 5.69 Å². The molecule has 1 aromatic heterocycles. The Balaban J connectivity index is 1.60. The number of amides is 2. The van der Waals surface area contributed by atoms with Crippen molar-refractivity contribution in [2.45, 2.75) is 26.3 Å². The number of nitrogens with zero attached hydrogens (tertiary/aromatic N) is 1. The van der Waals surface area contributed by atoms with E-state index in [2.05, 4.69) is 15.6 Å². The predicted molar refractivity (Wildman–Crippen MR) is 92.8 cm³/mol. The van der Waals surface area contributed by atoms with Crippen molar-refractivity contribution in [1.29, 1.82) is 0 Å². The lowest BCUT2D eigenvalue weighted by Gasteiger charge is -2.15. The van der Waals surface area contributed by atoms with Crippen molar-refractivity contribution in [2.24, 2.45) is 5.41 Å². The number of carbonyl (C=O) groups is 3. The van der Waals surface area contributed by atoms with Crippen LogP contribution < -0.4 is 10.6 Å². The molecule has 0 saturated heterocycles. The molecule has 0 atom stereocenters. The quantitative estimate of drug-likeness (QED) is 0.625. The van der Waals surface area contributed by atoms with Gasteiger partial charge in [0.05, 0.1) is 0 Å². The molecule has 1 aliphatic carbocycles. The molecule has 2 N–H and O–H groups in total. The van der Waals surface area contributed by atoms with Crippen molar-refractivity contribution in [3.8, 4) is 0 Å². The van der Waals surface area contributed by atoms with Crippen molar-refractivity contribution >= 4 is 23.3 Å². The lowest BCUT2D eigenvalue weighted by atomic mass is 10.0. The zero-order valence-electron chi connectivity index (χ0n) is 13.9. The molecule has 1 aliphatic rings. The second-order valence-electron chi connectivity index (χ2n) is 6.21. The number of ketones is 1. The molecule has 2 amide bonds. The van der Waals surface area contributed by atoms with Gasteiger partial charge in [-0.2, -0.15) is 0 Å². The smallest absolute Gasteiger partial charge is 0.240 e. The van der Waals surface area contributed by atoms with Gasteiger partial charge in [0.25, 0.3) is 0 Å². The molecule has 1 fully saturated rings. The molecule has 0 radical (unpaired) electrons. The number of anilines is 1. The maximum atomic E-state index is 12.5. The molecule has 0 unspecified atom stereocenters. The molecule has 3 rings (SSSR count). The summed E-state index contributed by atoms with van der Waals surface area (Å²) in [5.74, 6) is -0.607. The van der Waals surface area contributed by atoms with Crippen molar-refractivity contribution in [3.63, 3.8) is 0 Å². The van der Waals surface area contributed by atoms with Crippen LogP contribution in [0.1, 0.15) is 35.7 Å². The summed E-state index contributed by atoms with van der Waals surface area (Å²) in [6, 6.07) is 10.3. The summed E-state index contributed by atoms with van der Waals surface area (Å²) >= 11 is 0. The van der Waals surface area contributed by atoms with E-state index in [0.717, 1.165) is 5.56 Å². The normalized spacial score (nSPS) is 14.4. The molecule has 1 heterocycles. The number of carbonyl (C=O) groups excluding carboxylic acids is 3. The van der Waals surface area contributed by atoms with Crippen molar-refractivity contribution in [3.05, 3.63) is 59.9 Å². The van der Waals surface area contributed by atoms with Gasteiger partial charge in [0.15, 0.2) is 5.78 Å². The third kappa shape index (κ3) is 3.74. The van der Waals surface area contributed by atoms with Gasteiger partial charge in [-0.05, 0) is 61.7 Å². The fourth-order valence-electron chi connectivity index (χ4n) is 2.57. The minimum absolute atomic E-state index is 0.0352. The summed E-state index contributed by atoms with van der Waals surface area (Å²) in [5, 5.41) is 5.59. The first-order chi connectivity index (χ1) is 12.0. The monoisotopic (exact) mass is 337 g/mol. The molecule has 0 bridgehead atoms. The van der Waals surface area contributed by atoms with Crippen LogP contribution >= 0.6 is 0 Å². The summed E-state index contributed by atoms with van der Waals surface area (Å²) in [5.41, 5.74) is 1.09. The Labute approximate surface area is 145 Å². The maximum Gasteiger partial charge on any atom is 0.240 e. The second-order valence-corrected chi connectivity index (χ2v) is 6.21. The fourth-order valence-corrected chi connectivity index (χ4v) is 2.57. The van der Waals surface area contributed by atoms with E-state index in [1.165, 1.54) is 6.92 Å². The van der Waals surface area contributed by atoms with Gasteiger partial charge in [0.1, 0.15) is 5.41 Å². The number of hydrogen-bond acceptors (Lipinski definition) is 4. The number of nitrogens with one attached hydrogen (secondary N) is 2. The molecule has 2 aromatic rings. The highest BCUT2D eigenvalue weighted by Crippen LogP contribution is 2.46. The number of benzene rings is 1. The maximum absolute atomic E-state index is 12.5. The zero-order chi connectivity index (χ0) is 17.9. The Bertz CT molecular complexity index is 796. The van der Waals surface area contributed by atoms with Gasteiger partial charge in [0, 0.05) is 30.2 Å². The lowest BCUT2D eigenvalue weighted by molar-refractivity contribution is -0.134. The lowest BCUT2D eigenvalue weighted by Crippen LogP contribution is -2.39. The summed E-state index contributed by atoms with van der Waals surface area (Å²) in [4.78, 5) is 40.2. The number of rotatable bonds is 6. The summed E-state index contributed by atoms with van der Waals surface area (Å²) in [6.07, 6.45) is 4.39. The van der Waals surface area contributed by atoms with E-state index in [-0.39, 0.29) is 17.6 Å². The van der Waals surface area contributed by atoms with E-state index in [9.17, 15) is 14.4 Å². The zero-order valence-corrected chi connectivity index (χ0v) is 13.9. The number of aromatic nitrogens is 1. The van der Waals surface area contributed by atoms with Gasteiger partial charge >= 0.3 is 0 Å². The number of hydrogen-bond donors (Lipinski definition) is 2. The van der Waals surface area contributed by atoms with E-state index in [1.54, 1.807) is 36.7 Å². The fraction of sp³-hybridized carbons (Fsp3) is 0.263. The number of pyridine rings is 1. The van der Waals surface area contributed by atoms with Crippen LogP contribution in [-0.4, -0.2) is 22.6 Å². The summed E-state index contributed by atoms with van der Waals surface area (Å²) in [7, 11) is 0. The SMILES string of the molecule is CC(=O)c1ccc(NC(=O)C2(C(=O)NCc3ccncc3)CC2)cc1. The minimum atomic E-state index is -0.994. The van der Waals surface area contributed by atoms with Crippen LogP contribution in [0.5, 0.6) is 0 Å². The Morgan fingerprint density at radius 3 is 2.20 bits per heavy atom. The molecular formula is C19H19N3O3. The van der Waals surface area contributed by atoms with Crippen molar-refractivity contribution in [2.75, 3.05) is 5.32 Å². The van der Waals surface area contributed by atoms with Gasteiger partial charge < -0.3 is 10.6 Å². The van der Waals surface area contributed by atoms with Crippen LogP contribution in [0.2, 0.25) is 0 Å². The molecule has 1 saturated carbocycles. The topological polar surface area (TPSA) is 88.2 Å². The van der Waals surface area contributed by atoms with Crippen LogP contribution in [0.25, 0.3) is 0 Å². The van der Waals surface area contributed by atoms with E-state index < -0.39 is 5.41 Å². The second kappa shape index (κ2) is 6.84. The summed E-state index contributed by atoms with van der Waals surface area (Å²) < 4.78 is 0. The van der Waals surface area contributed by atoms with Crippen molar-refractivity contribution in [1.82, 2.24) is 10.3 Å². The molecule has 6 heteroatoms. The molecular weight excluding hydrogens is 318 g/mol. The van der Waals surface area contributed by atoms with E-state index >= 15 is 0 Å². The first-order valence-corrected chi connectivity index (χ1v) is 8.11. The van der Waals surface area contributed by atoms with E-state index in [0.29, 0.717) is 30.6 Å². The average Bonchev–Trinajstić information content (AvgIpc) is 3.43. The Kier molecular flexibility index (Phi) is 4.61. The minimum Gasteiger partial charge on any atom is -0.351 e. The van der Waals surface area contributed by atoms with Gasteiger partial charge in [-0.1, -0.05) is 0 Å². The molecule has 1 aromatic carbocycles. The highest BCUT2D eigenvalue weighted by molar-refractivity contribution is 6.13. The van der Waals surface area contributed by atoms with Crippen LogP contribution in [0, 0.1) is 5.41 Å². The first-order valence-electron chi connectivity index (χ1n) is 8.11. The number of Topliss-reactive ketones (excluding diaryl/α,β-unsaturated/α-hetero) is 1. The first kappa shape index (κ1) is 16.8. The standard InChI is InChI=1S/C19H19N3O3/c1-13(23)15-2-4-16(5-3-15)22-18(25)19(8-9-19)17(24)21-12-14-6-10-20-11-7-14/h2-7,10-11H,8-9,12H2,1H3,(H,21,24)(H,22,25). The Hall–Kier alpha value is -3.02. The molecule has 6 nitrogen and oxygen atoms in total. The third-order valence-electron chi connectivity index (χ3n) is 4.37. The van der Waals surface area contributed by atoms with Crippen LogP contribution in [0.3, 0.4) is 0 Å². The highest BCUT2D eigenvalue weighted by Gasteiger charge is 2.56. The largest absolute Gasteiger partial charge is 0.351 e. The van der Waals surface area contributed by atoms with Gasteiger partial charge in [-0.25, -0.2) is 0 Å². The Morgan fingerprint density at radius 1 is 1.00 bits per heavy atom. The molecule has 0 spiro atoms. The molecule has 25 heavy (non-hydrogen) atoms. The highest BCUT2D eigenvalue weighted by atomic mass is 16.2. The molecule has 0 aliphatic heterocycles. The van der Waals surface area contributed by atoms with E-state index in [1.807, 2.05) is 12.1 Å². The van der Waals surface area contributed by atoms with Crippen LogP contribution in [-0.2, 0) is 16.1 Å². The Morgan fingerprint density at radius 2 is 1.64 bits per heavy atom. The predicted octanol–water partition coefficient (Wildman–Crippen LogP) is 2.32. The van der Waals surface area contributed by atoms with Crippen LogP contribution in [0.15, 0.2) is 48.8 Å². The van der Waals surface area contributed by atoms with Gasteiger partial charge in [-0.15, -0.1) is 0 Å². The van der Waals surface area contributed by atoms with E-state index in [4.69, 9.17) is 0 Å². The van der Waals surface area contributed by atoms with Gasteiger partial charge in [0.2, 0.25) is 11.8 Å². The third-order valence-corrected chi connectivity index (χ3v) is 4.37. The molecule has 128 valence electrons. The van der Waals surface area contributed by atoms with Crippen molar-refractivity contribution < 1.29 is 14.4 Å².